The fourth-order valence-corrected chi connectivity index (χ4v) is 1.84. The zero-order valence-corrected chi connectivity index (χ0v) is 11.8. The van der Waals surface area contributed by atoms with E-state index < -0.39 is 0 Å². The van der Waals surface area contributed by atoms with Gasteiger partial charge in [-0.2, -0.15) is 0 Å². The monoisotopic (exact) mass is 278 g/mol. The van der Waals surface area contributed by atoms with E-state index in [2.05, 4.69) is 4.98 Å². The molecular formula is C14H18N2O4. The maximum Gasteiger partial charge on any atom is 0.203 e. The Labute approximate surface area is 117 Å². The van der Waals surface area contributed by atoms with E-state index in [0.29, 0.717) is 29.4 Å². The van der Waals surface area contributed by atoms with Crippen molar-refractivity contribution in [2.75, 3.05) is 14.2 Å². The lowest BCUT2D eigenvalue weighted by molar-refractivity contribution is 0.255. The molecule has 0 aliphatic carbocycles. The molecule has 1 aromatic heterocycles. The van der Waals surface area contributed by atoms with E-state index in [1.165, 1.54) is 0 Å². The van der Waals surface area contributed by atoms with Crippen LogP contribution in [0.5, 0.6) is 17.2 Å². The molecule has 6 nitrogen and oxygen atoms in total. The third-order valence-corrected chi connectivity index (χ3v) is 2.98. The summed E-state index contributed by atoms with van der Waals surface area (Å²) in [7, 11) is 4.99. The van der Waals surface area contributed by atoms with Gasteiger partial charge in [0.1, 0.15) is 6.61 Å². The van der Waals surface area contributed by atoms with Crippen molar-refractivity contribution in [3.63, 3.8) is 0 Å². The predicted molar refractivity (Wildman–Crippen MR) is 73.0 cm³/mol. The molecule has 0 spiro atoms. The highest BCUT2D eigenvalue weighted by Crippen LogP contribution is 2.39. The first kappa shape index (κ1) is 14.2. The molecule has 0 bridgehead atoms. The van der Waals surface area contributed by atoms with Gasteiger partial charge in [-0.1, -0.05) is 0 Å². The van der Waals surface area contributed by atoms with E-state index in [1.807, 2.05) is 11.6 Å². The lowest BCUT2D eigenvalue weighted by Crippen LogP contribution is -2.04. The minimum absolute atomic E-state index is 0.0886. The van der Waals surface area contributed by atoms with Gasteiger partial charge in [0.05, 0.1) is 39.0 Å². The fraction of sp³-hybridized carbons (Fsp3) is 0.357. The van der Waals surface area contributed by atoms with E-state index in [9.17, 15) is 5.11 Å². The van der Waals surface area contributed by atoms with Gasteiger partial charge in [-0.05, 0) is 17.7 Å². The molecule has 0 aliphatic heterocycles. The summed E-state index contributed by atoms with van der Waals surface area (Å²) in [6, 6.07) is 3.45. The first-order valence-electron chi connectivity index (χ1n) is 6.13. The summed E-state index contributed by atoms with van der Waals surface area (Å²) >= 11 is 0. The van der Waals surface area contributed by atoms with Crippen molar-refractivity contribution in [1.29, 1.82) is 0 Å². The summed E-state index contributed by atoms with van der Waals surface area (Å²) < 4.78 is 18.2. The lowest BCUT2D eigenvalue weighted by Gasteiger charge is -2.15. The Kier molecular flexibility index (Phi) is 4.47. The molecular weight excluding hydrogens is 260 g/mol. The van der Waals surface area contributed by atoms with Crippen LogP contribution in [-0.4, -0.2) is 28.9 Å². The number of aromatic nitrogens is 2. The maximum absolute atomic E-state index is 9.22. The van der Waals surface area contributed by atoms with Crippen molar-refractivity contribution in [2.45, 2.75) is 13.2 Å². The van der Waals surface area contributed by atoms with Crippen molar-refractivity contribution in [3.05, 3.63) is 35.9 Å². The molecule has 0 saturated heterocycles. The fourth-order valence-electron chi connectivity index (χ4n) is 1.84. The molecule has 0 radical (unpaired) electrons. The molecule has 2 rings (SSSR count). The third kappa shape index (κ3) is 2.85. The van der Waals surface area contributed by atoms with Gasteiger partial charge in [0.25, 0.3) is 0 Å². The van der Waals surface area contributed by atoms with E-state index in [0.717, 1.165) is 5.69 Å². The zero-order valence-electron chi connectivity index (χ0n) is 11.8. The van der Waals surface area contributed by atoms with Gasteiger partial charge in [0, 0.05) is 7.05 Å². The Morgan fingerprint density at radius 1 is 1.20 bits per heavy atom. The standard InChI is InChI=1S/C14H18N2O4/c1-16-9-15-6-11(16)8-20-14-12(18-2)4-10(7-17)5-13(14)19-3/h4-6,9,17H,7-8H2,1-3H3. The summed E-state index contributed by atoms with van der Waals surface area (Å²) in [6.45, 7) is 0.260. The second-order valence-corrected chi connectivity index (χ2v) is 4.27. The van der Waals surface area contributed by atoms with E-state index in [-0.39, 0.29) is 6.61 Å². The molecule has 1 aromatic carbocycles. The van der Waals surface area contributed by atoms with Gasteiger partial charge < -0.3 is 23.9 Å². The number of aryl methyl sites for hydroxylation is 1. The second-order valence-electron chi connectivity index (χ2n) is 4.27. The number of methoxy groups -OCH3 is 2. The molecule has 6 heteroatoms. The van der Waals surface area contributed by atoms with E-state index in [4.69, 9.17) is 14.2 Å². The highest BCUT2D eigenvalue weighted by molar-refractivity contribution is 5.53. The number of hydrogen-bond acceptors (Lipinski definition) is 5. The highest BCUT2D eigenvalue weighted by Gasteiger charge is 2.14. The number of aliphatic hydroxyl groups is 1. The number of rotatable bonds is 6. The molecule has 0 saturated carbocycles. The van der Waals surface area contributed by atoms with Crippen molar-refractivity contribution in [2.24, 2.45) is 7.05 Å². The third-order valence-electron chi connectivity index (χ3n) is 2.98. The second kappa shape index (κ2) is 6.29. The minimum Gasteiger partial charge on any atom is -0.493 e. The Balaban J connectivity index is 2.27. The molecule has 20 heavy (non-hydrogen) atoms. The maximum atomic E-state index is 9.22. The summed E-state index contributed by atoms with van der Waals surface area (Å²) in [6.07, 6.45) is 3.45. The van der Waals surface area contributed by atoms with Gasteiger partial charge in [0.2, 0.25) is 5.75 Å². The van der Waals surface area contributed by atoms with Crippen molar-refractivity contribution >= 4 is 0 Å². The largest absolute Gasteiger partial charge is 0.493 e. The summed E-state index contributed by atoms with van der Waals surface area (Å²) in [5.74, 6) is 1.56. The predicted octanol–water partition coefficient (Wildman–Crippen LogP) is 1.51. The van der Waals surface area contributed by atoms with Crippen LogP contribution in [0.4, 0.5) is 0 Å². The van der Waals surface area contributed by atoms with Gasteiger partial charge in [-0.15, -0.1) is 0 Å². The average molecular weight is 278 g/mol. The molecule has 0 atom stereocenters. The topological polar surface area (TPSA) is 65.7 Å². The zero-order chi connectivity index (χ0) is 14.5. The van der Waals surface area contributed by atoms with E-state index in [1.54, 1.807) is 38.9 Å². The molecule has 0 amide bonds. The van der Waals surface area contributed by atoms with Gasteiger partial charge >= 0.3 is 0 Å². The SMILES string of the molecule is COc1cc(CO)cc(OC)c1OCc1cncn1C. The number of nitrogens with zero attached hydrogens (tertiary/aromatic N) is 2. The number of ether oxygens (including phenoxy) is 3. The Morgan fingerprint density at radius 3 is 2.30 bits per heavy atom. The Bertz CT molecular complexity index is 555. The van der Waals surface area contributed by atoms with Crippen LogP contribution in [0.15, 0.2) is 24.7 Å². The number of hydrogen-bond donors (Lipinski definition) is 1. The number of imidazole rings is 1. The molecule has 108 valence electrons. The quantitative estimate of drug-likeness (QED) is 0.867. The van der Waals surface area contributed by atoms with Crippen LogP contribution in [-0.2, 0) is 20.3 Å². The average Bonchev–Trinajstić information content (AvgIpc) is 2.89. The Hall–Kier alpha value is -2.21. The number of benzene rings is 1. The summed E-state index contributed by atoms with van der Waals surface area (Å²) in [4.78, 5) is 4.03. The minimum atomic E-state index is -0.0886. The van der Waals surface area contributed by atoms with Crippen molar-refractivity contribution in [3.8, 4) is 17.2 Å². The van der Waals surface area contributed by atoms with Crippen LogP contribution in [0.3, 0.4) is 0 Å². The smallest absolute Gasteiger partial charge is 0.203 e. The van der Waals surface area contributed by atoms with Crippen LogP contribution in [0.25, 0.3) is 0 Å². The molecule has 2 aromatic rings. The van der Waals surface area contributed by atoms with Crippen LogP contribution >= 0.6 is 0 Å². The molecule has 0 fully saturated rings. The lowest BCUT2D eigenvalue weighted by atomic mass is 10.2. The molecule has 1 N–H and O–H groups in total. The normalized spacial score (nSPS) is 10.4. The summed E-state index contributed by atoms with van der Waals surface area (Å²) in [5.41, 5.74) is 1.63. The van der Waals surface area contributed by atoms with Crippen molar-refractivity contribution < 1.29 is 19.3 Å². The molecule has 1 heterocycles. The van der Waals surface area contributed by atoms with Crippen LogP contribution in [0, 0.1) is 0 Å². The summed E-state index contributed by atoms with van der Waals surface area (Å²) in [5, 5.41) is 9.22. The van der Waals surface area contributed by atoms with Gasteiger partial charge in [0.15, 0.2) is 11.5 Å². The van der Waals surface area contributed by atoms with Gasteiger partial charge in [-0.25, -0.2) is 4.98 Å². The first-order chi connectivity index (χ1) is 9.69. The van der Waals surface area contributed by atoms with Crippen LogP contribution < -0.4 is 14.2 Å². The Morgan fingerprint density at radius 2 is 1.85 bits per heavy atom. The van der Waals surface area contributed by atoms with E-state index >= 15 is 0 Å². The highest BCUT2D eigenvalue weighted by atomic mass is 16.5. The first-order valence-corrected chi connectivity index (χ1v) is 6.13. The number of aliphatic hydroxyl groups excluding tert-OH is 1. The molecule has 0 aliphatic rings. The molecule has 0 unspecified atom stereocenters. The van der Waals surface area contributed by atoms with Crippen LogP contribution in [0.1, 0.15) is 11.3 Å². The van der Waals surface area contributed by atoms with Crippen LogP contribution in [0.2, 0.25) is 0 Å². The van der Waals surface area contributed by atoms with Gasteiger partial charge in [-0.3, -0.25) is 0 Å². The van der Waals surface area contributed by atoms with Crippen molar-refractivity contribution in [1.82, 2.24) is 9.55 Å².